The average molecular weight is 374 g/mol. The molecule has 2 fully saturated rings. The van der Waals surface area contributed by atoms with Crippen molar-refractivity contribution in [2.24, 2.45) is 17.8 Å². The lowest BCUT2D eigenvalue weighted by Gasteiger charge is -2.37. The molecule has 1 heteroatoms. The Bertz CT molecular complexity index is 699. The van der Waals surface area contributed by atoms with E-state index in [0.717, 1.165) is 29.7 Å². The summed E-state index contributed by atoms with van der Waals surface area (Å²) in [5.74, 6) is 3.81. The van der Waals surface area contributed by atoms with Crippen molar-refractivity contribution in [3.63, 3.8) is 0 Å². The molecule has 0 aromatic heterocycles. The second-order valence-corrected chi connectivity index (χ2v) is 9.48. The van der Waals surface area contributed by atoms with Gasteiger partial charge in [0.25, 0.3) is 0 Å². The zero-order valence-corrected chi connectivity index (χ0v) is 17.8. The molecule has 0 amide bonds. The van der Waals surface area contributed by atoms with Gasteiger partial charge in [-0.05, 0) is 84.9 Å². The van der Waals surface area contributed by atoms with Gasteiger partial charge in [-0.25, -0.2) is 0 Å². The Labute approximate surface area is 169 Å². The van der Waals surface area contributed by atoms with Crippen molar-refractivity contribution in [2.75, 3.05) is 0 Å². The Balaban J connectivity index is 1.34. The molecule has 2 aromatic carbocycles. The fourth-order valence-electron chi connectivity index (χ4n) is 5.44. The van der Waals surface area contributed by atoms with Gasteiger partial charge in [0, 0.05) is 10.2 Å². The van der Waals surface area contributed by atoms with Gasteiger partial charge in [-0.3, -0.25) is 0 Å². The molecular formula is C26H33Si. The van der Waals surface area contributed by atoms with E-state index in [1.54, 1.807) is 5.56 Å². The molecule has 0 unspecified atom stereocenters. The summed E-state index contributed by atoms with van der Waals surface area (Å²) in [5, 5.41) is 0. The van der Waals surface area contributed by atoms with Crippen LogP contribution in [0.25, 0.3) is 11.1 Å². The molecule has 0 N–H and O–H groups in total. The molecule has 4 rings (SSSR count). The predicted molar refractivity (Wildman–Crippen MR) is 117 cm³/mol. The summed E-state index contributed by atoms with van der Waals surface area (Å²) in [6, 6.07) is 19.2. The van der Waals surface area contributed by atoms with E-state index in [1.807, 2.05) is 0 Å². The molecule has 2 saturated carbocycles. The van der Waals surface area contributed by atoms with Crippen LogP contribution < -0.4 is 0 Å². The summed E-state index contributed by atoms with van der Waals surface area (Å²) in [5.41, 5.74) is 5.55. The lowest BCUT2D eigenvalue weighted by Crippen LogP contribution is -2.24. The van der Waals surface area contributed by atoms with E-state index in [-0.39, 0.29) is 0 Å². The zero-order valence-electron chi connectivity index (χ0n) is 16.8. The van der Waals surface area contributed by atoms with E-state index < -0.39 is 0 Å². The van der Waals surface area contributed by atoms with Crippen LogP contribution in [0, 0.1) is 17.8 Å². The number of benzene rings is 2. The van der Waals surface area contributed by atoms with Crippen LogP contribution in [0.4, 0.5) is 0 Å². The first-order valence-corrected chi connectivity index (χ1v) is 11.8. The quantitative estimate of drug-likeness (QED) is 0.500. The summed E-state index contributed by atoms with van der Waals surface area (Å²) in [6.45, 7) is 2.44. The first-order valence-electron chi connectivity index (χ1n) is 11.1. The largest absolute Gasteiger partial charge is 0.0625 e. The van der Waals surface area contributed by atoms with Crippen LogP contribution in [-0.2, 0) is 6.04 Å². The molecule has 0 nitrogen and oxygen atoms in total. The van der Waals surface area contributed by atoms with Crippen LogP contribution in [-0.4, -0.2) is 10.2 Å². The maximum Gasteiger partial charge on any atom is 0.0283 e. The van der Waals surface area contributed by atoms with Gasteiger partial charge >= 0.3 is 0 Å². The summed E-state index contributed by atoms with van der Waals surface area (Å²) in [7, 11) is 3.57. The van der Waals surface area contributed by atoms with E-state index in [0.29, 0.717) is 0 Å². The van der Waals surface area contributed by atoms with Gasteiger partial charge in [0.15, 0.2) is 0 Å². The molecule has 0 heterocycles. The third-order valence-electron chi connectivity index (χ3n) is 7.37. The second kappa shape index (κ2) is 8.77. The van der Waals surface area contributed by atoms with E-state index in [9.17, 15) is 0 Å². The highest BCUT2D eigenvalue weighted by molar-refractivity contribution is 6.08. The van der Waals surface area contributed by atoms with Gasteiger partial charge in [-0.1, -0.05) is 73.9 Å². The topological polar surface area (TPSA) is 0 Å². The van der Waals surface area contributed by atoms with Crippen LogP contribution in [0.15, 0.2) is 48.5 Å². The average Bonchev–Trinajstić information content (AvgIpc) is 2.75. The molecule has 0 saturated heterocycles. The maximum atomic E-state index is 3.57. The molecule has 141 valence electrons. The highest BCUT2D eigenvalue weighted by Crippen LogP contribution is 2.44. The van der Waals surface area contributed by atoms with Crippen molar-refractivity contribution >= 4 is 10.2 Å². The molecule has 2 aromatic rings. The van der Waals surface area contributed by atoms with Crippen molar-refractivity contribution in [1.82, 2.24) is 0 Å². The van der Waals surface area contributed by atoms with Gasteiger partial charge < -0.3 is 0 Å². The fourth-order valence-corrected chi connectivity index (χ4v) is 5.68. The number of hydrogen-bond acceptors (Lipinski definition) is 0. The molecule has 0 bridgehead atoms. The minimum Gasteiger partial charge on any atom is -0.0625 e. The fraction of sp³-hybridized carbons (Fsp3) is 0.538. The van der Waals surface area contributed by atoms with Crippen LogP contribution in [0.5, 0.6) is 0 Å². The van der Waals surface area contributed by atoms with E-state index >= 15 is 0 Å². The first-order chi connectivity index (χ1) is 13.2. The standard InChI is InChI=1S/C26H33Si/c1-19-2-6-21(7-3-19)23-10-14-25(15-11-23)26-16-12-24(13-17-26)22-8-4-20(18-27)5-9-22/h4-5,8-9,12-13,16-17,19,21,23,25H,2-3,6-7,10-11,14-15,18H2,1H3. The monoisotopic (exact) mass is 373 g/mol. The van der Waals surface area contributed by atoms with Crippen molar-refractivity contribution in [1.29, 1.82) is 0 Å². The van der Waals surface area contributed by atoms with Gasteiger partial charge in [0.2, 0.25) is 0 Å². The van der Waals surface area contributed by atoms with Crippen LogP contribution in [0.3, 0.4) is 0 Å². The first kappa shape index (κ1) is 19.0. The SMILES string of the molecule is CC1CCC(C2CCC(c3ccc(-c4ccc(C[Si])cc4)cc3)CC2)CC1. The lowest BCUT2D eigenvalue weighted by atomic mass is 9.68. The van der Waals surface area contributed by atoms with Crippen molar-refractivity contribution < 1.29 is 0 Å². The molecule has 0 spiro atoms. The molecule has 2 aliphatic rings. The number of rotatable bonds is 4. The minimum atomic E-state index is 0.785. The van der Waals surface area contributed by atoms with Gasteiger partial charge in [-0.2, -0.15) is 0 Å². The zero-order chi connectivity index (χ0) is 18.6. The maximum absolute atomic E-state index is 3.57. The predicted octanol–water partition coefficient (Wildman–Crippen LogP) is 7.12. The molecule has 0 atom stereocenters. The Kier molecular flexibility index (Phi) is 6.17. The number of hydrogen-bond donors (Lipinski definition) is 0. The van der Waals surface area contributed by atoms with E-state index in [2.05, 4.69) is 65.7 Å². The van der Waals surface area contributed by atoms with Crippen molar-refractivity contribution in [3.8, 4) is 11.1 Å². The highest BCUT2D eigenvalue weighted by Gasteiger charge is 2.30. The Morgan fingerprint density at radius 3 is 1.67 bits per heavy atom. The second-order valence-electron chi connectivity index (χ2n) is 9.13. The molecule has 3 radical (unpaired) electrons. The molecule has 0 aliphatic heterocycles. The van der Waals surface area contributed by atoms with E-state index in [1.165, 1.54) is 68.1 Å². The Morgan fingerprint density at radius 2 is 1.15 bits per heavy atom. The molecular weight excluding hydrogens is 340 g/mol. The minimum absolute atomic E-state index is 0.785. The third kappa shape index (κ3) is 4.56. The molecule has 2 aliphatic carbocycles. The van der Waals surface area contributed by atoms with Gasteiger partial charge in [0.1, 0.15) is 0 Å². The van der Waals surface area contributed by atoms with Crippen molar-refractivity contribution in [2.45, 2.75) is 70.3 Å². The van der Waals surface area contributed by atoms with Crippen LogP contribution in [0.1, 0.15) is 75.3 Å². The van der Waals surface area contributed by atoms with Crippen LogP contribution in [0.2, 0.25) is 0 Å². The Morgan fingerprint density at radius 1 is 0.667 bits per heavy atom. The summed E-state index contributed by atoms with van der Waals surface area (Å²) in [6.07, 6.45) is 11.7. The van der Waals surface area contributed by atoms with E-state index in [4.69, 9.17) is 0 Å². The Hall–Kier alpha value is -1.34. The smallest absolute Gasteiger partial charge is 0.0283 e. The lowest BCUT2D eigenvalue weighted by molar-refractivity contribution is 0.165. The van der Waals surface area contributed by atoms with Gasteiger partial charge in [0.05, 0.1) is 0 Å². The summed E-state index contributed by atoms with van der Waals surface area (Å²) >= 11 is 0. The summed E-state index contributed by atoms with van der Waals surface area (Å²) in [4.78, 5) is 0. The summed E-state index contributed by atoms with van der Waals surface area (Å²) < 4.78 is 0. The van der Waals surface area contributed by atoms with Crippen molar-refractivity contribution in [3.05, 3.63) is 59.7 Å². The van der Waals surface area contributed by atoms with Crippen LogP contribution >= 0.6 is 0 Å². The highest BCUT2D eigenvalue weighted by atomic mass is 28.1. The normalized spacial score (nSPS) is 28.8. The van der Waals surface area contributed by atoms with Gasteiger partial charge in [-0.15, -0.1) is 0 Å². The molecule has 27 heavy (non-hydrogen) atoms. The third-order valence-corrected chi connectivity index (χ3v) is 7.78.